The predicted molar refractivity (Wildman–Crippen MR) is 55.9 cm³/mol. The van der Waals surface area contributed by atoms with E-state index in [1.807, 2.05) is 0 Å². The fourth-order valence-corrected chi connectivity index (χ4v) is 1.89. The molecule has 0 aromatic rings. The number of carbonyl (C=O) groups excluding carboxylic acids is 1. The first-order valence-electron chi connectivity index (χ1n) is 5.29. The first-order valence-corrected chi connectivity index (χ1v) is 5.29. The Labute approximate surface area is 85.2 Å². The van der Waals surface area contributed by atoms with Gasteiger partial charge in [-0.2, -0.15) is 0 Å². The van der Waals surface area contributed by atoms with Gasteiger partial charge in [0.15, 0.2) is 0 Å². The fraction of sp³-hybridized carbons (Fsp3) is 0.727. The van der Waals surface area contributed by atoms with Crippen LogP contribution in [-0.2, 0) is 4.79 Å². The van der Waals surface area contributed by atoms with E-state index < -0.39 is 5.60 Å². The zero-order chi connectivity index (χ0) is 10.4. The Hall–Kier alpha value is -0.830. The molecule has 0 aromatic heterocycles. The molecule has 0 bridgehead atoms. The van der Waals surface area contributed by atoms with Crippen LogP contribution in [0.25, 0.3) is 0 Å². The maximum Gasteiger partial charge on any atom is 0.243 e. The lowest BCUT2D eigenvalue weighted by Crippen LogP contribution is -2.42. The van der Waals surface area contributed by atoms with E-state index in [9.17, 15) is 9.90 Å². The molecule has 0 atom stereocenters. The predicted octanol–water partition coefficient (Wildman–Crippen LogP) is 1.37. The number of nitrogens with one attached hydrogen (secondary N) is 1. The molecule has 0 aromatic carbocycles. The minimum Gasteiger partial charge on any atom is -0.388 e. The molecule has 0 saturated heterocycles. The maximum absolute atomic E-state index is 10.9. The van der Waals surface area contributed by atoms with E-state index in [-0.39, 0.29) is 5.91 Å². The lowest BCUT2D eigenvalue weighted by molar-refractivity contribution is -0.117. The Morgan fingerprint density at radius 1 is 1.36 bits per heavy atom. The number of amides is 1. The molecule has 3 nitrogen and oxygen atoms in total. The molecular weight excluding hydrogens is 178 g/mol. The summed E-state index contributed by atoms with van der Waals surface area (Å²) < 4.78 is 0. The van der Waals surface area contributed by atoms with Crippen molar-refractivity contribution in [3.8, 4) is 0 Å². The number of rotatable bonds is 3. The molecule has 0 aliphatic heterocycles. The molecule has 80 valence electrons. The molecule has 1 amide bonds. The van der Waals surface area contributed by atoms with Crippen molar-refractivity contribution in [1.29, 1.82) is 0 Å². The van der Waals surface area contributed by atoms with Gasteiger partial charge >= 0.3 is 0 Å². The van der Waals surface area contributed by atoms with Gasteiger partial charge in [0.05, 0.1) is 5.60 Å². The van der Waals surface area contributed by atoms with Crippen LogP contribution in [-0.4, -0.2) is 23.2 Å². The van der Waals surface area contributed by atoms with Crippen LogP contribution in [0.4, 0.5) is 0 Å². The topological polar surface area (TPSA) is 49.3 Å². The molecule has 2 N–H and O–H groups in total. The van der Waals surface area contributed by atoms with Crippen LogP contribution in [0.2, 0.25) is 0 Å². The van der Waals surface area contributed by atoms with Gasteiger partial charge in [0.2, 0.25) is 5.91 Å². The molecule has 14 heavy (non-hydrogen) atoms. The van der Waals surface area contributed by atoms with Crippen molar-refractivity contribution in [1.82, 2.24) is 5.32 Å². The molecule has 0 spiro atoms. The molecule has 1 rings (SSSR count). The third-order valence-electron chi connectivity index (χ3n) is 2.81. The SMILES string of the molecule is C=CC(=O)NCC1(O)CCCCCC1. The second kappa shape index (κ2) is 5.15. The van der Waals surface area contributed by atoms with E-state index in [0.29, 0.717) is 6.54 Å². The Kier molecular flexibility index (Phi) is 4.14. The summed E-state index contributed by atoms with van der Waals surface area (Å²) in [6, 6.07) is 0. The minimum atomic E-state index is -0.685. The lowest BCUT2D eigenvalue weighted by Gasteiger charge is -2.26. The van der Waals surface area contributed by atoms with E-state index in [2.05, 4.69) is 11.9 Å². The first kappa shape index (κ1) is 11.2. The Bertz CT molecular complexity index is 205. The molecule has 3 heteroatoms. The normalized spacial score (nSPS) is 20.9. The zero-order valence-corrected chi connectivity index (χ0v) is 8.59. The van der Waals surface area contributed by atoms with Gasteiger partial charge in [0.1, 0.15) is 0 Å². The van der Waals surface area contributed by atoms with Crippen molar-refractivity contribution >= 4 is 5.91 Å². The van der Waals surface area contributed by atoms with Crippen LogP contribution in [0.5, 0.6) is 0 Å². The monoisotopic (exact) mass is 197 g/mol. The second-order valence-corrected chi connectivity index (χ2v) is 4.06. The smallest absolute Gasteiger partial charge is 0.243 e. The van der Waals surface area contributed by atoms with Crippen molar-refractivity contribution in [3.63, 3.8) is 0 Å². The summed E-state index contributed by atoms with van der Waals surface area (Å²) in [7, 11) is 0. The number of hydrogen-bond acceptors (Lipinski definition) is 2. The van der Waals surface area contributed by atoms with Gasteiger partial charge in [-0.3, -0.25) is 4.79 Å². The van der Waals surface area contributed by atoms with Gasteiger partial charge in [-0.25, -0.2) is 0 Å². The van der Waals surface area contributed by atoms with Crippen LogP contribution in [0.1, 0.15) is 38.5 Å². The highest BCUT2D eigenvalue weighted by atomic mass is 16.3. The molecule has 1 aliphatic rings. The second-order valence-electron chi connectivity index (χ2n) is 4.06. The molecule has 1 aliphatic carbocycles. The number of carbonyl (C=O) groups is 1. The average Bonchev–Trinajstić information content (AvgIpc) is 2.40. The van der Waals surface area contributed by atoms with Crippen LogP contribution < -0.4 is 5.32 Å². The highest BCUT2D eigenvalue weighted by molar-refractivity contribution is 5.86. The number of aliphatic hydroxyl groups is 1. The Balaban J connectivity index is 2.38. The van der Waals surface area contributed by atoms with Crippen molar-refractivity contribution in [2.75, 3.05) is 6.54 Å². The number of hydrogen-bond donors (Lipinski definition) is 2. The van der Waals surface area contributed by atoms with Gasteiger partial charge in [-0.15, -0.1) is 0 Å². The molecule has 0 heterocycles. The largest absolute Gasteiger partial charge is 0.388 e. The standard InChI is InChI=1S/C11H19NO2/c1-2-10(13)12-9-11(14)7-5-3-4-6-8-11/h2,14H,1,3-9H2,(H,12,13). The summed E-state index contributed by atoms with van der Waals surface area (Å²) >= 11 is 0. The minimum absolute atomic E-state index is 0.206. The molecule has 1 saturated carbocycles. The van der Waals surface area contributed by atoms with Gasteiger partial charge < -0.3 is 10.4 Å². The van der Waals surface area contributed by atoms with Crippen LogP contribution in [0.15, 0.2) is 12.7 Å². The van der Waals surface area contributed by atoms with Gasteiger partial charge in [0.25, 0.3) is 0 Å². The van der Waals surface area contributed by atoms with Crippen LogP contribution in [0, 0.1) is 0 Å². The summed E-state index contributed by atoms with van der Waals surface area (Å²) in [6.45, 7) is 3.73. The van der Waals surface area contributed by atoms with Gasteiger partial charge in [-0.1, -0.05) is 32.3 Å². The molecule has 0 unspecified atom stereocenters. The summed E-state index contributed by atoms with van der Waals surface area (Å²) in [5.74, 6) is -0.206. The zero-order valence-electron chi connectivity index (χ0n) is 8.59. The van der Waals surface area contributed by atoms with Crippen molar-refractivity contribution < 1.29 is 9.90 Å². The quantitative estimate of drug-likeness (QED) is 0.530. The molecule has 1 fully saturated rings. The van der Waals surface area contributed by atoms with Crippen molar-refractivity contribution in [2.45, 2.75) is 44.1 Å². The third-order valence-corrected chi connectivity index (χ3v) is 2.81. The maximum atomic E-state index is 10.9. The fourth-order valence-electron chi connectivity index (χ4n) is 1.89. The van der Waals surface area contributed by atoms with Crippen LogP contribution >= 0.6 is 0 Å². The van der Waals surface area contributed by atoms with Crippen LogP contribution in [0.3, 0.4) is 0 Å². The third kappa shape index (κ3) is 3.50. The first-order chi connectivity index (χ1) is 6.66. The van der Waals surface area contributed by atoms with Crippen molar-refractivity contribution in [3.05, 3.63) is 12.7 Å². The van der Waals surface area contributed by atoms with E-state index in [0.717, 1.165) is 25.7 Å². The summed E-state index contributed by atoms with van der Waals surface area (Å²) in [4.78, 5) is 10.9. The Morgan fingerprint density at radius 2 is 1.93 bits per heavy atom. The van der Waals surface area contributed by atoms with E-state index >= 15 is 0 Å². The van der Waals surface area contributed by atoms with E-state index in [1.54, 1.807) is 0 Å². The highest BCUT2D eigenvalue weighted by Gasteiger charge is 2.27. The summed E-state index contributed by atoms with van der Waals surface area (Å²) in [6.07, 6.45) is 7.32. The molecule has 0 radical (unpaired) electrons. The van der Waals surface area contributed by atoms with Gasteiger partial charge in [0, 0.05) is 6.54 Å². The molecular formula is C11H19NO2. The summed E-state index contributed by atoms with van der Waals surface area (Å²) in [5, 5.41) is 12.8. The van der Waals surface area contributed by atoms with Gasteiger partial charge in [-0.05, 0) is 18.9 Å². The Morgan fingerprint density at radius 3 is 2.43 bits per heavy atom. The van der Waals surface area contributed by atoms with Crippen molar-refractivity contribution in [2.24, 2.45) is 0 Å². The lowest BCUT2D eigenvalue weighted by atomic mass is 9.94. The highest BCUT2D eigenvalue weighted by Crippen LogP contribution is 2.26. The average molecular weight is 197 g/mol. The summed E-state index contributed by atoms with van der Waals surface area (Å²) in [5.41, 5.74) is -0.685. The van der Waals surface area contributed by atoms with E-state index in [4.69, 9.17) is 0 Å². The van der Waals surface area contributed by atoms with E-state index in [1.165, 1.54) is 18.9 Å².